The second-order valence-corrected chi connectivity index (χ2v) is 9.51. The number of nitrogens with one attached hydrogen (secondary N) is 1. The summed E-state index contributed by atoms with van der Waals surface area (Å²) in [7, 11) is 0. The molecule has 0 atom stereocenters. The molecular weight excluding hydrogens is 589 g/mol. The Kier molecular flexibility index (Phi) is 8.07. The molecule has 0 radical (unpaired) electrons. The van der Waals surface area contributed by atoms with Crippen LogP contribution in [0.15, 0.2) is 66.4 Å². The maximum Gasteiger partial charge on any atom is 0.329 e. The van der Waals surface area contributed by atoms with E-state index in [9.17, 15) is 19.7 Å². The molecule has 1 saturated heterocycles. The molecule has 0 bridgehead atoms. The number of aryl methyl sites for hydroxylation is 1. The van der Waals surface area contributed by atoms with Crippen LogP contribution in [0.4, 0.5) is 10.5 Å². The third-order valence-corrected chi connectivity index (χ3v) is 6.33. The molecule has 1 N–H and O–H groups in total. The maximum absolute atomic E-state index is 13.0. The number of nitro groups is 1. The Hall–Kier alpha value is -3.93. The summed E-state index contributed by atoms with van der Waals surface area (Å²) in [6.45, 7) is 4.46. The number of urea groups is 1. The zero-order chi connectivity index (χ0) is 26.5. The molecule has 0 aliphatic carbocycles. The monoisotopic (exact) mass is 613 g/mol. The molecule has 0 spiro atoms. The quantitative estimate of drug-likeness (QED) is 0.111. The van der Waals surface area contributed by atoms with Crippen molar-refractivity contribution in [1.82, 2.24) is 10.2 Å². The number of halogens is 1. The number of amides is 3. The summed E-state index contributed by atoms with van der Waals surface area (Å²) in [4.78, 5) is 37.3. The topological polar surface area (TPSA) is 111 Å². The summed E-state index contributed by atoms with van der Waals surface area (Å²) in [6.07, 6.45) is 1.60. The number of ether oxygens (including phenoxy) is 2. The summed E-state index contributed by atoms with van der Waals surface area (Å²) >= 11 is 2.10. The minimum Gasteiger partial charge on any atom is -0.490 e. The second-order valence-electron chi connectivity index (χ2n) is 8.35. The largest absolute Gasteiger partial charge is 0.490 e. The summed E-state index contributed by atoms with van der Waals surface area (Å²) in [5, 5.41) is 13.7. The normalized spacial score (nSPS) is 14.1. The van der Waals surface area contributed by atoms with Gasteiger partial charge >= 0.3 is 6.03 Å². The van der Waals surface area contributed by atoms with Crippen molar-refractivity contribution in [1.29, 1.82) is 0 Å². The van der Waals surface area contributed by atoms with Crippen molar-refractivity contribution in [2.75, 3.05) is 6.61 Å². The average molecular weight is 613 g/mol. The smallest absolute Gasteiger partial charge is 0.329 e. The Bertz CT molecular complexity index is 1400. The minimum atomic E-state index is -0.477. The van der Waals surface area contributed by atoms with E-state index in [0.717, 1.165) is 11.1 Å². The van der Waals surface area contributed by atoms with E-state index in [1.807, 2.05) is 44.2 Å². The number of carbonyl (C=O) groups excluding carboxylic acids is 2. The Morgan fingerprint density at radius 2 is 1.81 bits per heavy atom. The van der Waals surface area contributed by atoms with Crippen molar-refractivity contribution >= 4 is 46.3 Å². The van der Waals surface area contributed by atoms with Crippen LogP contribution in [0.5, 0.6) is 11.5 Å². The summed E-state index contributed by atoms with van der Waals surface area (Å²) in [5.41, 5.74) is 3.36. The zero-order valence-electron chi connectivity index (χ0n) is 20.2. The van der Waals surface area contributed by atoms with E-state index in [-0.39, 0.29) is 24.5 Å². The van der Waals surface area contributed by atoms with Gasteiger partial charge in [0.2, 0.25) is 0 Å². The van der Waals surface area contributed by atoms with Crippen LogP contribution >= 0.6 is 22.6 Å². The Balaban J connectivity index is 1.55. The molecule has 1 aliphatic rings. The molecule has 1 fully saturated rings. The molecule has 10 heteroatoms. The summed E-state index contributed by atoms with van der Waals surface area (Å²) in [5.74, 6) is 0.532. The van der Waals surface area contributed by atoms with Crippen molar-refractivity contribution in [3.63, 3.8) is 0 Å². The Morgan fingerprint density at radius 3 is 2.54 bits per heavy atom. The molecular formula is C27H24IN3O6. The Labute approximate surface area is 227 Å². The molecule has 9 nitrogen and oxygen atoms in total. The van der Waals surface area contributed by atoms with E-state index in [1.54, 1.807) is 24.3 Å². The highest BCUT2D eigenvalue weighted by atomic mass is 127. The predicted octanol–water partition coefficient (Wildman–Crippen LogP) is 5.58. The van der Waals surface area contributed by atoms with Gasteiger partial charge in [-0.25, -0.2) is 4.79 Å². The van der Waals surface area contributed by atoms with E-state index in [2.05, 4.69) is 27.9 Å². The van der Waals surface area contributed by atoms with E-state index >= 15 is 0 Å². The van der Waals surface area contributed by atoms with Crippen molar-refractivity contribution in [3.05, 3.63) is 102 Å². The highest BCUT2D eigenvalue weighted by Crippen LogP contribution is 2.36. The van der Waals surface area contributed by atoms with E-state index in [1.165, 1.54) is 17.0 Å². The number of benzene rings is 3. The fourth-order valence-corrected chi connectivity index (χ4v) is 4.65. The molecule has 0 aromatic heterocycles. The van der Waals surface area contributed by atoms with Gasteiger partial charge in [0.1, 0.15) is 12.3 Å². The molecule has 0 unspecified atom stereocenters. The molecule has 3 aromatic carbocycles. The molecule has 1 aliphatic heterocycles. The Morgan fingerprint density at radius 1 is 1.05 bits per heavy atom. The van der Waals surface area contributed by atoms with Crippen molar-refractivity contribution in [2.45, 2.75) is 27.0 Å². The summed E-state index contributed by atoms with van der Waals surface area (Å²) < 4.78 is 12.5. The van der Waals surface area contributed by atoms with Crippen LogP contribution in [0.25, 0.3) is 6.08 Å². The number of hydrogen-bond acceptors (Lipinski definition) is 6. The lowest BCUT2D eigenvalue weighted by molar-refractivity contribution is -0.384. The van der Waals surface area contributed by atoms with Gasteiger partial charge in [-0.2, -0.15) is 0 Å². The summed E-state index contributed by atoms with van der Waals surface area (Å²) in [6, 6.07) is 16.9. The molecule has 4 rings (SSSR count). The van der Waals surface area contributed by atoms with Crippen LogP contribution in [0.3, 0.4) is 0 Å². The fraction of sp³-hybridized carbons (Fsp3) is 0.185. The van der Waals surface area contributed by atoms with E-state index in [4.69, 9.17) is 9.47 Å². The molecule has 37 heavy (non-hydrogen) atoms. The number of carbonyl (C=O) groups is 2. The highest BCUT2D eigenvalue weighted by molar-refractivity contribution is 14.1. The maximum atomic E-state index is 13.0. The van der Waals surface area contributed by atoms with Crippen LogP contribution in [-0.4, -0.2) is 28.4 Å². The fourth-order valence-electron chi connectivity index (χ4n) is 3.86. The van der Waals surface area contributed by atoms with Gasteiger partial charge in [0.15, 0.2) is 11.5 Å². The molecule has 3 aromatic rings. The van der Waals surface area contributed by atoms with Gasteiger partial charge < -0.3 is 14.8 Å². The first-order chi connectivity index (χ1) is 17.7. The van der Waals surface area contributed by atoms with Crippen LogP contribution < -0.4 is 14.8 Å². The number of rotatable bonds is 9. The lowest BCUT2D eigenvalue weighted by atomic mass is 10.1. The molecule has 190 valence electrons. The highest BCUT2D eigenvalue weighted by Gasteiger charge is 2.33. The van der Waals surface area contributed by atoms with Gasteiger partial charge in [-0.1, -0.05) is 42.0 Å². The number of nitrogens with zero attached hydrogens (tertiary/aromatic N) is 2. The first kappa shape index (κ1) is 26.1. The van der Waals surface area contributed by atoms with Gasteiger partial charge in [0.05, 0.1) is 21.6 Å². The SMILES string of the molecule is CCOc1cc(/C=C2/NC(=O)N(Cc3cccc(C)c3)C2=O)cc(I)c1OCc1cccc([N+](=O)[O-])c1. The van der Waals surface area contributed by atoms with Gasteiger partial charge in [-0.05, 0) is 71.3 Å². The van der Waals surface area contributed by atoms with Gasteiger partial charge in [-0.3, -0.25) is 19.8 Å². The van der Waals surface area contributed by atoms with Crippen molar-refractivity contribution in [3.8, 4) is 11.5 Å². The van der Waals surface area contributed by atoms with Gasteiger partial charge in [0, 0.05) is 12.1 Å². The average Bonchev–Trinajstić information content (AvgIpc) is 3.11. The van der Waals surface area contributed by atoms with Crippen LogP contribution in [0.1, 0.15) is 29.2 Å². The third kappa shape index (κ3) is 6.26. The van der Waals surface area contributed by atoms with E-state index in [0.29, 0.717) is 32.8 Å². The number of imide groups is 1. The first-order valence-electron chi connectivity index (χ1n) is 11.5. The van der Waals surface area contributed by atoms with Crippen molar-refractivity contribution < 1.29 is 24.0 Å². The molecule has 3 amide bonds. The minimum absolute atomic E-state index is 0.0116. The van der Waals surface area contributed by atoms with Crippen LogP contribution in [-0.2, 0) is 17.9 Å². The van der Waals surface area contributed by atoms with Gasteiger partial charge in [0.25, 0.3) is 11.6 Å². The third-order valence-electron chi connectivity index (χ3n) is 5.53. The lowest BCUT2D eigenvalue weighted by Crippen LogP contribution is -2.30. The number of non-ortho nitro benzene ring substituents is 1. The first-order valence-corrected chi connectivity index (χ1v) is 12.6. The van der Waals surface area contributed by atoms with Crippen LogP contribution in [0.2, 0.25) is 0 Å². The number of hydrogen-bond donors (Lipinski definition) is 1. The molecule has 0 saturated carbocycles. The molecule has 1 heterocycles. The van der Waals surface area contributed by atoms with E-state index < -0.39 is 16.9 Å². The number of nitro benzene ring substituents is 1. The van der Waals surface area contributed by atoms with Gasteiger partial charge in [-0.15, -0.1) is 0 Å². The standard InChI is InChI=1S/C27H24IN3O6/c1-3-36-24-14-20(12-22(28)25(24)37-16-19-8-5-9-21(11-19)31(34)35)13-23-26(32)30(27(33)29-23)15-18-7-4-6-17(2)10-18/h4-14H,3,15-16H2,1-2H3,(H,29,33)/b23-13+. The second kappa shape index (κ2) is 11.4. The van der Waals surface area contributed by atoms with Crippen LogP contribution in [0, 0.1) is 20.6 Å². The zero-order valence-corrected chi connectivity index (χ0v) is 22.4. The lowest BCUT2D eigenvalue weighted by Gasteiger charge is -2.15. The predicted molar refractivity (Wildman–Crippen MR) is 146 cm³/mol. The van der Waals surface area contributed by atoms with Crippen molar-refractivity contribution in [2.24, 2.45) is 0 Å².